The van der Waals surface area contributed by atoms with Gasteiger partial charge in [-0.3, -0.25) is 4.79 Å². The number of thioether (sulfide) groups is 1. The fourth-order valence-electron chi connectivity index (χ4n) is 3.36. The molecule has 4 rings (SSSR count). The van der Waals surface area contributed by atoms with Crippen molar-refractivity contribution in [3.63, 3.8) is 0 Å². The fraction of sp³-hybridized carbons (Fsp3) is 0.179. The SMILES string of the molecule is C=C/C=C(/CC=O)SC.CNc1ccc2nc(-c3ccc(NC(=O)CCc4cccs4)cc3)[nH]c2c1. The van der Waals surface area contributed by atoms with Gasteiger partial charge >= 0.3 is 0 Å². The van der Waals surface area contributed by atoms with Gasteiger partial charge in [0.25, 0.3) is 0 Å². The third-order valence-corrected chi connectivity index (χ3v) is 7.00. The van der Waals surface area contributed by atoms with E-state index in [0.717, 1.165) is 51.4 Å². The number of imidazole rings is 1. The number of anilines is 2. The van der Waals surface area contributed by atoms with E-state index in [2.05, 4.69) is 33.2 Å². The summed E-state index contributed by atoms with van der Waals surface area (Å²) in [7, 11) is 1.89. The summed E-state index contributed by atoms with van der Waals surface area (Å²) in [5.74, 6) is 0.841. The molecule has 0 aliphatic rings. The van der Waals surface area contributed by atoms with Gasteiger partial charge in [0.2, 0.25) is 5.91 Å². The molecule has 0 bridgehead atoms. The molecule has 0 saturated heterocycles. The largest absolute Gasteiger partial charge is 0.388 e. The average Bonchev–Trinajstić information content (AvgIpc) is 3.57. The van der Waals surface area contributed by atoms with Gasteiger partial charge in [0.15, 0.2) is 0 Å². The Labute approximate surface area is 219 Å². The van der Waals surface area contributed by atoms with Gasteiger partial charge in [-0.2, -0.15) is 0 Å². The van der Waals surface area contributed by atoms with Crippen LogP contribution in [0.25, 0.3) is 22.4 Å². The van der Waals surface area contributed by atoms with Crippen LogP contribution in [0.15, 0.2) is 83.6 Å². The minimum absolute atomic E-state index is 0.0273. The fourth-order valence-corrected chi connectivity index (χ4v) is 4.54. The Morgan fingerprint density at radius 3 is 2.58 bits per heavy atom. The van der Waals surface area contributed by atoms with E-state index in [-0.39, 0.29) is 5.91 Å². The van der Waals surface area contributed by atoms with Crippen molar-refractivity contribution in [3.8, 4) is 11.4 Å². The first-order valence-corrected chi connectivity index (χ1v) is 13.6. The van der Waals surface area contributed by atoms with Crippen LogP contribution in [0.5, 0.6) is 0 Å². The van der Waals surface area contributed by atoms with Crippen molar-refractivity contribution in [1.82, 2.24) is 9.97 Å². The predicted molar refractivity (Wildman–Crippen MR) is 155 cm³/mol. The molecule has 3 N–H and O–H groups in total. The molecule has 8 heteroatoms. The molecule has 4 aromatic rings. The van der Waals surface area contributed by atoms with E-state index in [1.54, 1.807) is 29.2 Å². The van der Waals surface area contributed by atoms with Crippen LogP contribution in [0, 0.1) is 0 Å². The molecule has 36 heavy (non-hydrogen) atoms. The summed E-state index contributed by atoms with van der Waals surface area (Å²) in [6, 6.07) is 17.8. The summed E-state index contributed by atoms with van der Waals surface area (Å²) in [6.07, 6.45) is 8.14. The van der Waals surface area contributed by atoms with Crippen molar-refractivity contribution < 1.29 is 9.59 Å². The van der Waals surface area contributed by atoms with Gasteiger partial charge in [-0.1, -0.05) is 24.8 Å². The third kappa shape index (κ3) is 7.96. The lowest BCUT2D eigenvalue weighted by molar-refractivity contribution is -0.116. The van der Waals surface area contributed by atoms with Crippen LogP contribution >= 0.6 is 23.1 Å². The Morgan fingerprint density at radius 1 is 1.17 bits per heavy atom. The van der Waals surface area contributed by atoms with Gasteiger partial charge in [0, 0.05) is 41.7 Å². The normalized spacial score (nSPS) is 10.9. The number of fused-ring (bicyclic) bond motifs is 1. The van der Waals surface area contributed by atoms with E-state index in [0.29, 0.717) is 12.8 Å². The highest BCUT2D eigenvalue weighted by atomic mass is 32.2. The van der Waals surface area contributed by atoms with Crippen LogP contribution in [0.4, 0.5) is 11.4 Å². The Kier molecular flexibility index (Phi) is 10.5. The van der Waals surface area contributed by atoms with E-state index in [4.69, 9.17) is 0 Å². The lowest BCUT2D eigenvalue weighted by atomic mass is 10.2. The maximum atomic E-state index is 12.1. The van der Waals surface area contributed by atoms with Crippen LogP contribution < -0.4 is 10.6 Å². The van der Waals surface area contributed by atoms with Crippen molar-refractivity contribution >= 4 is 57.7 Å². The molecule has 0 atom stereocenters. The highest BCUT2D eigenvalue weighted by Gasteiger charge is 2.08. The summed E-state index contributed by atoms with van der Waals surface area (Å²) in [5, 5.41) is 8.11. The Bertz CT molecular complexity index is 1310. The number of allylic oxidation sites excluding steroid dienone is 3. The quantitative estimate of drug-likeness (QED) is 0.157. The maximum absolute atomic E-state index is 12.1. The molecule has 0 spiro atoms. The highest BCUT2D eigenvalue weighted by Crippen LogP contribution is 2.24. The Balaban J connectivity index is 0.000000345. The lowest BCUT2D eigenvalue weighted by Gasteiger charge is -2.05. The first-order valence-electron chi connectivity index (χ1n) is 11.5. The van der Waals surface area contributed by atoms with Crippen molar-refractivity contribution in [2.75, 3.05) is 23.9 Å². The summed E-state index contributed by atoms with van der Waals surface area (Å²) in [4.78, 5) is 32.3. The number of hydrogen-bond acceptors (Lipinski definition) is 6. The van der Waals surface area contributed by atoms with E-state index in [9.17, 15) is 9.59 Å². The number of aldehydes is 1. The topological polar surface area (TPSA) is 86.9 Å². The summed E-state index contributed by atoms with van der Waals surface area (Å²) >= 11 is 3.26. The zero-order valence-corrected chi connectivity index (χ0v) is 22.0. The number of rotatable bonds is 10. The van der Waals surface area contributed by atoms with E-state index in [1.165, 1.54) is 4.88 Å². The number of aryl methyl sites for hydroxylation is 1. The number of thiophene rings is 1. The molecule has 0 saturated carbocycles. The number of benzene rings is 2. The molecule has 0 radical (unpaired) electrons. The number of carbonyl (C=O) groups is 2. The van der Waals surface area contributed by atoms with Crippen molar-refractivity contribution in [2.45, 2.75) is 19.3 Å². The minimum atomic E-state index is 0.0273. The first kappa shape index (κ1) is 27.0. The van der Waals surface area contributed by atoms with E-state index in [1.807, 2.05) is 73.3 Å². The van der Waals surface area contributed by atoms with E-state index < -0.39 is 0 Å². The van der Waals surface area contributed by atoms with Gasteiger partial charge in [-0.15, -0.1) is 23.1 Å². The number of nitrogens with zero attached hydrogens (tertiary/aromatic N) is 1. The molecule has 2 aromatic heterocycles. The molecule has 0 aliphatic carbocycles. The van der Waals surface area contributed by atoms with Crippen molar-refractivity contribution in [2.24, 2.45) is 0 Å². The second-order valence-corrected chi connectivity index (χ2v) is 9.68. The molecule has 0 unspecified atom stereocenters. The number of nitrogens with one attached hydrogen (secondary N) is 3. The lowest BCUT2D eigenvalue weighted by Crippen LogP contribution is -2.11. The number of carbonyl (C=O) groups excluding carboxylic acids is 2. The molecule has 186 valence electrons. The molecule has 6 nitrogen and oxygen atoms in total. The third-order valence-electron chi connectivity index (χ3n) is 5.24. The molecule has 1 amide bonds. The highest BCUT2D eigenvalue weighted by molar-refractivity contribution is 8.02. The smallest absolute Gasteiger partial charge is 0.224 e. The van der Waals surface area contributed by atoms with Crippen LogP contribution in [0.2, 0.25) is 0 Å². The molecule has 0 fully saturated rings. The Hall–Kier alpha value is -3.62. The van der Waals surface area contributed by atoms with Gasteiger partial charge in [0.05, 0.1) is 11.0 Å². The van der Waals surface area contributed by atoms with Gasteiger partial charge < -0.3 is 20.4 Å². The minimum Gasteiger partial charge on any atom is -0.388 e. The number of aromatic nitrogens is 2. The number of aromatic amines is 1. The van der Waals surface area contributed by atoms with Crippen LogP contribution in [-0.2, 0) is 16.0 Å². The van der Waals surface area contributed by atoms with Crippen LogP contribution in [0.1, 0.15) is 17.7 Å². The zero-order chi connectivity index (χ0) is 25.8. The molecular formula is C28H30N4O2S2. The van der Waals surface area contributed by atoms with Gasteiger partial charge in [0.1, 0.15) is 12.1 Å². The average molecular weight is 519 g/mol. The summed E-state index contributed by atoms with van der Waals surface area (Å²) in [6.45, 7) is 3.53. The molecule has 2 heterocycles. The van der Waals surface area contributed by atoms with Crippen molar-refractivity contribution in [1.29, 1.82) is 0 Å². The van der Waals surface area contributed by atoms with Crippen LogP contribution in [0.3, 0.4) is 0 Å². The second kappa shape index (κ2) is 14.1. The first-order chi connectivity index (χ1) is 17.6. The van der Waals surface area contributed by atoms with E-state index >= 15 is 0 Å². The summed E-state index contributed by atoms with van der Waals surface area (Å²) < 4.78 is 0. The second-order valence-electron chi connectivity index (χ2n) is 7.72. The number of amides is 1. The molecule has 2 aromatic carbocycles. The molecule has 0 aliphatic heterocycles. The zero-order valence-electron chi connectivity index (χ0n) is 20.4. The van der Waals surface area contributed by atoms with Gasteiger partial charge in [-0.05, 0) is 71.5 Å². The van der Waals surface area contributed by atoms with Gasteiger partial charge in [-0.25, -0.2) is 4.98 Å². The summed E-state index contributed by atoms with van der Waals surface area (Å²) in [5.41, 5.74) is 4.73. The molecular weight excluding hydrogens is 488 g/mol. The standard InChI is InChI=1S/C21H20N4OS.C7H10OS/c1-22-16-8-10-18-19(13-16)25-21(24-18)14-4-6-15(7-5-14)23-20(26)11-9-17-3-2-12-27-17;1-3-4-7(9-2)5-6-8/h2-8,10,12-13,22H,9,11H2,1H3,(H,23,26)(H,24,25);3-4,6H,1,5H2,2H3/b;7-4-. The van der Waals surface area contributed by atoms with Crippen LogP contribution in [-0.4, -0.2) is 35.5 Å². The maximum Gasteiger partial charge on any atom is 0.224 e. The monoisotopic (exact) mass is 518 g/mol. The number of hydrogen-bond donors (Lipinski definition) is 3. The van der Waals surface area contributed by atoms with Crippen molar-refractivity contribution in [3.05, 3.63) is 88.5 Å². The number of H-pyrrole nitrogens is 1. The predicted octanol–water partition coefficient (Wildman–Crippen LogP) is 6.91. The Morgan fingerprint density at radius 2 is 1.94 bits per heavy atom.